The SMILES string of the molecule is C=C(CC(=O)N1CC(O)CC1C(=O)NCc1ccc(Cl)c(C(F)(F)F)c1)ON=C(C)CC. The number of likely N-dealkylation sites (tertiary alicyclic amines) is 1. The summed E-state index contributed by atoms with van der Waals surface area (Å²) in [7, 11) is 0. The Morgan fingerprint density at radius 3 is 2.72 bits per heavy atom. The summed E-state index contributed by atoms with van der Waals surface area (Å²) in [5.74, 6) is -0.990. The first-order chi connectivity index (χ1) is 14.9. The topological polar surface area (TPSA) is 91.2 Å². The van der Waals surface area contributed by atoms with E-state index >= 15 is 0 Å². The first kappa shape index (κ1) is 25.7. The van der Waals surface area contributed by atoms with Crippen molar-refractivity contribution in [3.63, 3.8) is 0 Å². The maximum Gasteiger partial charge on any atom is 0.417 e. The van der Waals surface area contributed by atoms with Gasteiger partial charge in [0.25, 0.3) is 0 Å². The molecular formula is C21H25ClF3N3O4. The molecule has 1 aromatic carbocycles. The second kappa shape index (κ2) is 10.8. The molecule has 2 amide bonds. The van der Waals surface area contributed by atoms with Gasteiger partial charge < -0.3 is 20.2 Å². The van der Waals surface area contributed by atoms with Gasteiger partial charge in [-0.05, 0) is 31.0 Å². The van der Waals surface area contributed by atoms with Gasteiger partial charge in [0.2, 0.25) is 11.8 Å². The number of alkyl halides is 3. The van der Waals surface area contributed by atoms with Crippen LogP contribution in [0, 0.1) is 0 Å². The minimum absolute atomic E-state index is 0.00637. The number of carbonyl (C=O) groups excluding carboxylic acids is 2. The molecule has 0 spiro atoms. The van der Waals surface area contributed by atoms with E-state index in [1.165, 1.54) is 11.0 Å². The maximum absolute atomic E-state index is 13.0. The Morgan fingerprint density at radius 2 is 2.09 bits per heavy atom. The zero-order valence-corrected chi connectivity index (χ0v) is 18.5. The van der Waals surface area contributed by atoms with Gasteiger partial charge in [-0.25, -0.2) is 0 Å². The van der Waals surface area contributed by atoms with Crippen molar-refractivity contribution in [1.29, 1.82) is 0 Å². The summed E-state index contributed by atoms with van der Waals surface area (Å²) in [6.07, 6.45) is -5.09. The highest BCUT2D eigenvalue weighted by molar-refractivity contribution is 6.31. The van der Waals surface area contributed by atoms with Crippen molar-refractivity contribution in [2.75, 3.05) is 6.54 Å². The van der Waals surface area contributed by atoms with Crippen LogP contribution in [0.4, 0.5) is 13.2 Å². The molecule has 176 valence electrons. The zero-order chi connectivity index (χ0) is 24.1. The number of amides is 2. The molecule has 1 fully saturated rings. The van der Waals surface area contributed by atoms with Gasteiger partial charge in [0.05, 0.1) is 28.8 Å². The number of hydrogen-bond acceptors (Lipinski definition) is 5. The van der Waals surface area contributed by atoms with E-state index in [4.69, 9.17) is 16.4 Å². The van der Waals surface area contributed by atoms with E-state index in [1.807, 2.05) is 6.92 Å². The van der Waals surface area contributed by atoms with Crippen molar-refractivity contribution < 1.29 is 32.7 Å². The standard InChI is InChI=1S/C21H25ClF3N3O4/c1-4-12(2)27-32-13(3)7-19(30)28-11-15(29)9-18(28)20(31)26-10-14-5-6-17(22)16(8-14)21(23,24)25/h5-6,8,15,18,29H,3-4,7,9-11H2,1-2H3,(H,26,31). The average Bonchev–Trinajstić information content (AvgIpc) is 3.12. The van der Waals surface area contributed by atoms with E-state index in [0.717, 1.165) is 12.1 Å². The lowest BCUT2D eigenvalue weighted by molar-refractivity contribution is -0.138. The number of nitrogens with one attached hydrogen (secondary N) is 1. The number of aliphatic hydroxyl groups excluding tert-OH is 1. The van der Waals surface area contributed by atoms with E-state index in [9.17, 15) is 27.9 Å². The number of hydrogen-bond donors (Lipinski definition) is 2. The van der Waals surface area contributed by atoms with Gasteiger partial charge in [0.1, 0.15) is 11.8 Å². The van der Waals surface area contributed by atoms with E-state index in [0.29, 0.717) is 12.1 Å². The summed E-state index contributed by atoms with van der Waals surface area (Å²) in [5, 5.41) is 15.9. The molecule has 0 radical (unpaired) electrons. The number of carbonyl (C=O) groups is 2. The number of halogens is 4. The fourth-order valence-electron chi connectivity index (χ4n) is 3.05. The van der Waals surface area contributed by atoms with Crippen molar-refractivity contribution in [2.24, 2.45) is 5.16 Å². The van der Waals surface area contributed by atoms with Crippen LogP contribution >= 0.6 is 11.6 Å². The molecule has 32 heavy (non-hydrogen) atoms. The molecule has 2 atom stereocenters. The van der Waals surface area contributed by atoms with Gasteiger partial charge in [-0.1, -0.05) is 36.3 Å². The monoisotopic (exact) mass is 475 g/mol. The van der Waals surface area contributed by atoms with Crippen molar-refractivity contribution in [3.8, 4) is 0 Å². The van der Waals surface area contributed by atoms with Crippen LogP contribution in [0.3, 0.4) is 0 Å². The molecule has 0 saturated carbocycles. The molecule has 0 aromatic heterocycles. The number of nitrogens with zero attached hydrogens (tertiary/aromatic N) is 2. The van der Waals surface area contributed by atoms with E-state index in [2.05, 4.69) is 17.1 Å². The Balaban J connectivity index is 2.01. The Kier molecular flexibility index (Phi) is 8.68. The average molecular weight is 476 g/mol. The summed E-state index contributed by atoms with van der Waals surface area (Å²) < 4.78 is 39.0. The lowest BCUT2D eigenvalue weighted by Gasteiger charge is -2.24. The van der Waals surface area contributed by atoms with Gasteiger partial charge in [0, 0.05) is 19.5 Å². The molecular weight excluding hydrogens is 451 g/mol. The number of β-amino-alcohol motifs (C(OH)–C–C–N with tert-alkyl or cyclic N) is 1. The van der Waals surface area contributed by atoms with Crippen molar-refractivity contribution >= 4 is 29.1 Å². The van der Waals surface area contributed by atoms with Crippen LogP contribution in [0.1, 0.15) is 44.2 Å². The summed E-state index contributed by atoms with van der Waals surface area (Å²) in [6, 6.07) is 2.36. The molecule has 1 saturated heterocycles. The van der Waals surface area contributed by atoms with Crippen LogP contribution in [0.5, 0.6) is 0 Å². The number of aliphatic hydroxyl groups is 1. The predicted octanol–water partition coefficient (Wildman–Crippen LogP) is 3.64. The first-order valence-electron chi connectivity index (χ1n) is 9.91. The fraction of sp³-hybridized carbons (Fsp3) is 0.476. The Morgan fingerprint density at radius 1 is 1.41 bits per heavy atom. The minimum atomic E-state index is -4.62. The normalized spacial score (nSPS) is 19.1. The van der Waals surface area contributed by atoms with Crippen LogP contribution in [0.25, 0.3) is 0 Å². The van der Waals surface area contributed by atoms with Crippen LogP contribution in [-0.4, -0.2) is 46.2 Å². The Hall–Kier alpha value is -2.59. The van der Waals surface area contributed by atoms with Gasteiger partial charge in [-0.3, -0.25) is 9.59 Å². The lowest BCUT2D eigenvalue weighted by Crippen LogP contribution is -2.45. The third-order valence-corrected chi connectivity index (χ3v) is 5.23. The third-order valence-electron chi connectivity index (χ3n) is 4.90. The summed E-state index contributed by atoms with van der Waals surface area (Å²) in [5.41, 5.74) is -0.0979. The highest BCUT2D eigenvalue weighted by Gasteiger charge is 2.39. The molecule has 1 heterocycles. The molecule has 11 heteroatoms. The molecule has 2 N–H and O–H groups in total. The van der Waals surface area contributed by atoms with Gasteiger partial charge in [-0.15, -0.1) is 0 Å². The summed E-state index contributed by atoms with van der Waals surface area (Å²) in [4.78, 5) is 31.5. The molecule has 0 aliphatic carbocycles. The van der Waals surface area contributed by atoms with Crippen molar-refractivity contribution in [3.05, 3.63) is 46.7 Å². The quantitative estimate of drug-likeness (QED) is 0.341. The second-order valence-electron chi connectivity index (χ2n) is 7.47. The van der Waals surface area contributed by atoms with Gasteiger partial charge in [0.15, 0.2) is 0 Å². The van der Waals surface area contributed by atoms with E-state index in [-0.39, 0.29) is 37.3 Å². The van der Waals surface area contributed by atoms with Crippen LogP contribution in [0.2, 0.25) is 5.02 Å². The Labute approximate surface area is 188 Å². The predicted molar refractivity (Wildman–Crippen MR) is 113 cm³/mol. The van der Waals surface area contributed by atoms with E-state index < -0.39 is 40.7 Å². The van der Waals surface area contributed by atoms with Gasteiger partial charge in [-0.2, -0.15) is 13.2 Å². The minimum Gasteiger partial charge on any atom is -0.391 e. The first-order valence-corrected chi connectivity index (χ1v) is 10.3. The fourth-order valence-corrected chi connectivity index (χ4v) is 3.28. The summed E-state index contributed by atoms with van der Waals surface area (Å²) >= 11 is 5.60. The van der Waals surface area contributed by atoms with Crippen molar-refractivity contribution in [2.45, 2.75) is 58.0 Å². The second-order valence-corrected chi connectivity index (χ2v) is 7.88. The highest BCUT2D eigenvalue weighted by Crippen LogP contribution is 2.35. The molecule has 1 aromatic rings. The summed E-state index contributed by atoms with van der Waals surface area (Å²) in [6.45, 7) is 7.02. The largest absolute Gasteiger partial charge is 0.417 e. The van der Waals surface area contributed by atoms with Gasteiger partial charge >= 0.3 is 6.18 Å². The number of benzene rings is 1. The van der Waals surface area contributed by atoms with E-state index in [1.54, 1.807) is 6.92 Å². The molecule has 0 bridgehead atoms. The molecule has 2 unspecified atom stereocenters. The molecule has 1 aliphatic rings. The smallest absolute Gasteiger partial charge is 0.391 e. The van der Waals surface area contributed by atoms with Crippen molar-refractivity contribution in [1.82, 2.24) is 10.2 Å². The zero-order valence-electron chi connectivity index (χ0n) is 17.7. The lowest BCUT2D eigenvalue weighted by atomic mass is 10.1. The van der Waals surface area contributed by atoms with Crippen LogP contribution in [-0.2, 0) is 27.1 Å². The maximum atomic E-state index is 13.0. The number of oxime groups is 1. The Bertz CT molecular complexity index is 905. The third kappa shape index (κ3) is 6.96. The highest BCUT2D eigenvalue weighted by atomic mass is 35.5. The van der Waals surface area contributed by atoms with Crippen LogP contribution < -0.4 is 5.32 Å². The molecule has 1 aliphatic heterocycles. The molecule has 2 rings (SSSR count). The number of rotatable bonds is 8. The van der Waals surface area contributed by atoms with Crippen LogP contribution in [0.15, 0.2) is 35.7 Å². The molecule has 7 nitrogen and oxygen atoms in total.